The lowest BCUT2D eigenvalue weighted by molar-refractivity contribution is 0.0433. The van der Waals surface area contributed by atoms with E-state index in [4.69, 9.17) is 10.6 Å². The Labute approximate surface area is 80.0 Å². The highest BCUT2D eigenvalue weighted by Gasteiger charge is 2.47. The van der Waals surface area contributed by atoms with E-state index in [1.54, 1.807) is 0 Å². The number of ether oxygens (including phenoxy) is 1. The molecule has 1 saturated heterocycles. The van der Waals surface area contributed by atoms with Crippen LogP contribution in [0.25, 0.3) is 0 Å². The monoisotopic (exact) mass is 184 g/mol. The van der Waals surface area contributed by atoms with Crippen molar-refractivity contribution >= 4 is 0 Å². The molecule has 1 atom stereocenters. The van der Waals surface area contributed by atoms with E-state index in [-0.39, 0.29) is 0 Å². The van der Waals surface area contributed by atoms with Gasteiger partial charge in [-0.2, -0.15) is 0 Å². The maximum absolute atomic E-state index is 5.64. The first kappa shape index (κ1) is 9.44. The van der Waals surface area contributed by atoms with Gasteiger partial charge >= 0.3 is 0 Å². The lowest BCUT2D eigenvalue weighted by atomic mass is 9.83. The molecule has 0 aromatic heterocycles. The van der Waals surface area contributed by atoms with Crippen LogP contribution in [0.1, 0.15) is 32.6 Å². The molecule has 0 aromatic carbocycles. The second-order valence-electron chi connectivity index (χ2n) is 4.75. The average Bonchev–Trinajstić information content (AvgIpc) is 2.87. The van der Waals surface area contributed by atoms with Crippen LogP contribution in [0.15, 0.2) is 0 Å². The van der Waals surface area contributed by atoms with Crippen molar-refractivity contribution in [3.05, 3.63) is 0 Å². The first-order chi connectivity index (χ1) is 6.26. The molecule has 0 amide bonds. The van der Waals surface area contributed by atoms with Crippen molar-refractivity contribution in [2.45, 2.75) is 38.6 Å². The van der Waals surface area contributed by atoms with Crippen LogP contribution in [-0.4, -0.2) is 19.3 Å². The molecule has 0 bridgehead atoms. The molecule has 76 valence electrons. The van der Waals surface area contributed by atoms with E-state index in [1.165, 1.54) is 25.7 Å². The topological polar surface area (TPSA) is 47.3 Å². The minimum atomic E-state index is 0.483. The number of hydrogen-bond acceptors (Lipinski definition) is 3. The predicted molar refractivity (Wildman–Crippen MR) is 52.0 cm³/mol. The highest BCUT2D eigenvalue weighted by Crippen LogP contribution is 2.51. The summed E-state index contributed by atoms with van der Waals surface area (Å²) in [7, 11) is 0. The molecule has 1 unspecified atom stereocenters. The third-order valence-electron chi connectivity index (χ3n) is 3.71. The fraction of sp³-hybridized carbons (Fsp3) is 1.00. The SMILES string of the molecule is CC1(C(NN)C2CCOCC2)CC1. The molecule has 2 aliphatic rings. The summed E-state index contributed by atoms with van der Waals surface area (Å²) in [5.74, 6) is 6.37. The molecule has 0 radical (unpaired) electrons. The molecule has 2 rings (SSSR count). The van der Waals surface area contributed by atoms with Crippen LogP contribution < -0.4 is 11.3 Å². The first-order valence-corrected chi connectivity index (χ1v) is 5.30. The predicted octanol–water partition coefficient (Wildman–Crippen LogP) is 1.04. The van der Waals surface area contributed by atoms with Crippen LogP contribution in [0.3, 0.4) is 0 Å². The van der Waals surface area contributed by atoms with Gasteiger partial charge in [-0.15, -0.1) is 0 Å². The Bertz CT molecular complexity index is 174. The normalized spacial score (nSPS) is 30.0. The van der Waals surface area contributed by atoms with Gasteiger partial charge in [-0.1, -0.05) is 6.92 Å². The Hall–Kier alpha value is -0.120. The lowest BCUT2D eigenvalue weighted by Crippen LogP contribution is -2.47. The Morgan fingerprint density at radius 1 is 1.38 bits per heavy atom. The molecule has 3 N–H and O–H groups in total. The molecule has 3 nitrogen and oxygen atoms in total. The van der Waals surface area contributed by atoms with Crippen LogP contribution in [0.5, 0.6) is 0 Å². The molecule has 0 aromatic rings. The molecule has 1 heterocycles. The Kier molecular flexibility index (Phi) is 2.58. The van der Waals surface area contributed by atoms with Gasteiger partial charge in [-0.3, -0.25) is 11.3 Å². The summed E-state index contributed by atoms with van der Waals surface area (Å²) in [4.78, 5) is 0. The van der Waals surface area contributed by atoms with Crippen molar-refractivity contribution in [2.75, 3.05) is 13.2 Å². The smallest absolute Gasteiger partial charge is 0.0469 e. The molecule has 1 aliphatic carbocycles. The number of hydrogen-bond donors (Lipinski definition) is 2. The van der Waals surface area contributed by atoms with E-state index >= 15 is 0 Å². The van der Waals surface area contributed by atoms with E-state index in [0.717, 1.165) is 19.1 Å². The lowest BCUT2D eigenvalue weighted by Gasteiger charge is -2.34. The van der Waals surface area contributed by atoms with Gasteiger partial charge in [0, 0.05) is 19.3 Å². The van der Waals surface area contributed by atoms with Crippen LogP contribution in [0.2, 0.25) is 0 Å². The summed E-state index contributed by atoms with van der Waals surface area (Å²) < 4.78 is 5.36. The fourth-order valence-corrected chi connectivity index (χ4v) is 2.46. The summed E-state index contributed by atoms with van der Waals surface area (Å²) in [6, 6.07) is 0.511. The third kappa shape index (κ3) is 1.87. The molecule has 1 aliphatic heterocycles. The summed E-state index contributed by atoms with van der Waals surface area (Å²) >= 11 is 0. The van der Waals surface area contributed by atoms with Gasteiger partial charge in [0.1, 0.15) is 0 Å². The first-order valence-electron chi connectivity index (χ1n) is 5.30. The molecular formula is C10H20N2O. The number of nitrogens with two attached hydrogens (primary N) is 1. The van der Waals surface area contributed by atoms with Gasteiger partial charge in [0.05, 0.1) is 0 Å². The molecule has 3 heteroatoms. The molecule has 1 saturated carbocycles. The van der Waals surface area contributed by atoms with Crippen molar-refractivity contribution in [2.24, 2.45) is 17.2 Å². The largest absolute Gasteiger partial charge is 0.381 e. The summed E-state index contributed by atoms with van der Waals surface area (Å²) in [5.41, 5.74) is 3.50. The fourth-order valence-electron chi connectivity index (χ4n) is 2.46. The van der Waals surface area contributed by atoms with Gasteiger partial charge in [0.2, 0.25) is 0 Å². The summed E-state index contributed by atoms with van der Waals surface area (Å²) in [6.07, 6.45) is 5.01. The van der Waals surface area contributed by atoms with E-state index in [9.17, 15) is 0 Å². The second kappa shape index (κ2) is 3.56. The van der Waals surface area contributed by atoms with Crippen LogP contribution >= 0.6 is 0 Å². The van der Waals surface area contributed by atoms with E-state index < -0.39 is 0 Å². The van der Waals surface area contributed by atoms with Crippen LogP contribution in [0.4, 0.5) is 0 Å². The second-order valence-corrected chi connectivity index (χ2v) is 4.75. The Balaban J connectivity index is 1.94. The molecule has 2 fully saturated rings. The van der Waals surface area contributed by atoms with Crippen molar-refractivity contribution < 1.29 is 4.74 Å². The van der Waals surface area contributed by atoms with Crippen LogP contribution in [-0.2, 0) is 4.74 Å². The maximum Gasteiger partial charge on any atom is 0.0469 e. The third-order valence-corrected chi connectivity index (χ3v) is 3.71. The highest BCUT2D eigenvalue weighted by atomic mass is 16.5. The van der Waals surface area contributed by atoms with Crippen molar-refractivity contribution in [1.82, 2.24) is 5.43 Å². The van der Waals surface area contributed by atoms with Gasteiger partial charge in [0.25, 0.3) is 0 Å². The minimum Gasteiger partial charge on any atom is -0.381 e. The standard InChI is InChI=1S/C10H20N2O/c1-10(4-5-10)9(12-11)8-2-6-13-7-3-8/h8-9,12H,2-7,11H2,1H3. The van der Waals surface area contributed by atoms with Crippen molar-refractivity contribution in [3.63, 3.8) is 0 Å². The minimum absolute atomic E-state index is 0.483. The van der Waals surface area contributed by atoms with E-state index in [0.29, 0.717) is 11.5 Å². The van der Waals surface area contributed by atoms with Crippen molar-refractivity contribution in [3.8, 4) is 0 Å². The quantitative estimate of drug-likeness (QED) is 0.509. The van der Waals surface area contributed by atoms with Gasteiger partial charge < -0.3 is 4.74 Å². The zero-order chi connectivity index (χ0) is 9.31. The maximum atomic E-state index is 5.64. The van der Waals surface area contributed by atoms with Crippen molar-refractivity contribution in [1.29, 1.82) is 0 Å². The van der Waals surface area contributed by atoms with Crippen LogP contribution in [0, 0.1) is 11.3 Å². The molecular weight excluding hydrogens is 164 g/mol. The summed E-state index contributed by atoms with van der Waals surface area (Å²) in [6.45, 7) is 4.17. The molecule has 13 heavy (non-hydrogen) atoms. The van der Waals surface area contributed by atoms with E-state index in [2.05, 4.69) is 12.3 Å². The van der Waals surface area contributed by atoms with Gasteiger partial charge in [-0.25, -0.2) is 0 Å². The number of hydrazine groups is 1. The van der Waals surface area contributed by atoms with Gasteiger partial charge in [-0.05, 0) is 37.0 Å². The zero-order valence-corrected chi connectivity index (χ0v) is 8.38. The van der Waals surface area contributed by atoms with Gasteiger partial charge in [0.15, 0.2) is 0 Å². The Morgan fingerprint density at radius 2 is 2.00 bits per heavy atom. The summed E-state index contributed by atoms with van der Waals surface area (Å²) in [5, 5.41) is 0. The van der Waals surface area contributed by atoms with E-state index in [1.807, 2.05) is 0 Å². The zero-order valence-electron chi connectivity index (χ0n) is 8.38. The number of rotatable bonds is 3. The molecule has 0 spiro atoms. The average molecular weight is 184 g/mol. The highest BCUT2D eigenvalue weighted by molar-refractivity contribution is 5.00. The number of nitrogens with one attached hydrogen (secondary N) is 1. The Morgan fingerprint density at radius 3 is 2.46 bits per heavy atom.